The van der Waals surface area contributed by atoms with E-state index in [1.54, 1.807) is 18.2 Å². The lowest BCUT2D eigenvalue weighted by atomic mass is 10.2. The molecule has 0 spiro atoms. The van der Waals surface area contributed by atoms with Gasteiger partial charge in [0.15, 0.2) is 0 Å². The highest BCUT2D eigenvalue weighted by Crippen LogP contribution is 2.35. The maximum absolute atomic E-state index is 12.7. The number of hydrogen-bond acceptors (Lipinski definition) is 2. The van der Waals surface area contributed by atoms with Crippen LogP contribution < -0.4 is 0 Å². The van der Waals surface area contributed by atoms with Crippen LogP contribution in [0.15, 0.2) is 47.4 Å². The van der Waals surface area contributed by atoms with Crippen LogP contribution in [0.2, 0.25) is 10.0 Å². The van der Waals surface area contributed by atoms with Crippen LogP contribution in [0.4, 0.5) is 0 Å². The monoisotopic (exact) mass is 340 g/mol. The van der Waals surface area contributed by atoms with Crippen LogP contribution in [0.3, 0.4) is 0 Å². The van der Waals surface area contributed by atoms with Crippen LogP contribution in [0, 0.1) is 13.5 Å². The average molecular weight is 341 g/mol. The molecule has 2 aromatic rings. The Morgan fingerprint density at radius 1 is 1.10 bits per heavy atom. The second kappa shape index (κ2) is 6.07. The first-order chi connectivity index (χ1) is 9.86. The van der Waals surface area contributed by atoms with Gasteiger partial charge in [-0.1, -0.05) is 45.7 Å². The number of aryl methyl sites for hydroxylation is 1. The van der Waals surface area contributed by atoms with Crippen molar-refractivity contribution in [1.29, 1.82) is 0 Å². The molecule has 0 radical (unpaired) electrons. The van der Waals surface area contributed by atoms with E-state index in [0.29, 0.717) is 5.02 Å². The molecule has 0 saturated carbocycles. The molecule has 0 bridgehead atoms. The maximum atomic E-state index is 12.7. The second-order valence-electron chi connectivity index (χ2n) is 4.53. The van der Waals surface area contributed by atoms with E-state index in [9.17, 15) is 8.42 Å². The Hall–Kier alpha value is -1.54. The van der Waals surface area contributed by atoms with Gasteiger partial charge in [0, 0.05) is 5.02 Å². The molecule has 0 saturated heterocycles. The molecule has 0 amide bonds. The van der Waals surface area contributed by atoms with Crippen molar-refractivity contribution in [3.8, 4) is 6.57 Å². The third-order valence-corrected chi connectivity index (χ3v) is 5.47. The smallest absolute Gasteiger partial charge is 0.215 e. The van der Waals surface area contributed by atoms with Crippen molar-refractivity contribution in [1.82, 2.24) is 0 Å². The Morgan fingerprint density at radius 3 is 2.29 bits per heavy atom. The summed E-state index contributed by atoms with van der Waals surface area (Å²) in [5.74, 6) is 0. The van der Waals surface area contributed by atoms with Crippen LogP contribution in [0.1, 0.15) is 16.5 Å². The van der Waals surface area contributed by atoms with E-state index in [1.807, 2.05) is 6.92 Å². The summed E-state index contributed by atoms with van der Waals surface area (Å²) in [5.41, 5.74) is 1.21. The quantitative estimate of drug-likeness (QED) is 0.809. The fourth-order valence-electron chi connectivity index (χ4n) is 1.89. The SMILES string of the molecule is C#[N+][C@H](c1cc(Cl)ccc1Cl)S(=O)(=O)c1ccc(C)cc1. The van der Waals surface area contributed by atoms with E-state index >= 15 is 0 Å². The van der Waals surface area contributed by atoms with E-state index in [2.05, 4.69) is 4.85 Å². The topological polar surface area (TPSA) is 38.5 Å². The Kier molecular flexibility index (Phi) is 4.58. The second-order valence-corrected chi connectivity index (χ2v) is 7.38. The normalized spacial score (nSPS) is 12.7. The summed E-state index contributed by atoms with van der Waals surface area (Å²) < 4.78 is 25.3. The zero-order chi connectivity index (χ0) is 15.6. The van der Waals surface area contributed by atoms with Crippen molar-refractivity contribution in [2.24, 2.45) is 0 Å². The van der Waals surface area contributed by atoms with Gasteiger partial charge in [-0.3, -0.25) is 0 Å². The van der Waals surface area contributed by atoms with Gasteiger partial charge in [0.25, 0.3) is 16.4 Å². The number of rotatable bonds is 3. The first-order valence-electron chi connectivity index (χ1n) is 6.02. The Balaban J connectivity index is 2.58. The summed E-state index contributed by atoms with van der Waals surface area (Å²) in [6.07, 6.45) is 0. The summed E-state index contributed by atoms with van der Waals surface area (Å²) in [7, 11) is -3.79. The van der Waals surface area contributed by atoms with E-state index in [-0.39, 0.29) is 15.5 Å². The minimum atomic E-state index is -3.79. The first-order valence-corrected chi connectivity index (χ1v) is 8.32. The summed E-state index contributed by atoms with van der Waals surface area (Å²) in [4.78, 5) is 3.63. The lowest BCUT2D eigenvalue weighted by molar-refractivity contribution is 0.590. The predicted molar refractivity (Wildman–Crippen MR) is 85.9 cm³/mol. The number of hydrogen-bond donors (Lipinski definition) is 0. The molecule has 6 heteroatoms. The summed E-state index contributed by atoms with van der Waals surface area (Å²) in [5, 5.41) is -0.692. The van der Waals surface area contributed by atoms with Gasteiger partial charge in [0.2, 0.25) is 0 Å². The highest BCUT2D eigenvalue weighted by atomic mass is 35.5. The molecular weight excluding hydrogens is 329 g/mol. The summed E-state index contributed by atoms with van der Waals surface area (Å²) in [6.45, 7) is 7.19. The van der Waals surface area contributed by atoms with E-state index in [0.717, 1.165) is 5.56 Å². The maximum Gasteiger partial charge on any atom is 0.399 e. The van der Waals surface area contributed by atoms with Crippen LogP contribution in [-0.4, -0.2) is 8.42 Å². The number of halogens is 2. The summed E-state index contributed by atoms with van der Waals surface area (Å²) in [6, 6.07) is 11.0. The van der Waals surface area contributed by atoms with Crippen molar-refractivity contribution in [2.75, 3.05) is 0 Å². The van der Waals surface area contributed by atoms with Gasteiger partial charge in [-0.05, 0) is 37.3 Å². The largest absolute Gasteiger partial charge is 0.399 e. The van der Waals surface area contributed by atoms with Crippen LogP contribution in [0.25, 0.3) is 4.85 Å². The molecule has 108 valence electrons. The molecule has 0 aromatic heterocycles. The minimum Gasteiger partial charge on any atom is -0.215 e. The average Bonchev–Trinajstić information content (AvgIpc) is 2.43. The zero-order valence-electron chi connectivity index (χ0n) is 11.1. The van der Waals surface area contributed by atoms with Gasteiger partial charge < -0.3 is 0 Å². The molecule has 0 heterocycles. The van der Waals surface area contributed by atoms with Crippen molar-refractivity contribution < 1.29 is 8.42 Å². The molecule has 0 aliphatic rings. The molecule has 21 heavy (non-hydrogen) atoms. The molecule has 2 aromatic carbocycles. The third-order valence-electron chi connectivity index (χ3n) is 3.00. The van der Waals surface area contributed by atoms with Gasteiger partial charge in [-0.25, -0.2) is 8.42 Å². The van der Waals surface area contributed by atoms with Crippen molar-refractivity contribution in [2.45, 2.75) is 17.2 Å². The Labute approximate surface area is 133 Å². The van der Waals surface area contributed by atoms with Crippen LogP contribution in [-0.2, 0) is 9.84 Å². The third kappa shape index (κ3) is 3.21. The molecule has 0 aliphatic heterocycles. The molecule has 3 nitrogen and oxygen atoms in total. The molecule has 2 rings (SSSR count). The highest BCUT2D eigenvalue weighted by molar-refractivity contribution is 7.91. The first kappa shape index (κ1) is 15.8. The Bertz CT molecular complexity index is 809. The highest BCUT2D eigenvalue weighted by Gasteiger charge is 2.39. The fourth-order valence-corrected chi connectivity index (χ4v) is 3.82. The van der Waals surface area contributed by atoms with Crippen LogP contribution in [0.5, 0.6) is 0 Å². The molecule has 1 atom stereocenters. The molecular formula is C15H12Cl2NO2S+. The van der Waals surface area contributed by atoms with Gasteiger partial charge in [-0.15, -0.1) is 0 Å². The summed E-state index contributed by atoms with van der Waals surface area (Å²) >= 11 is 11.9. The van der Waals surface area contributed by atoms with Crippen molar-refractivity contribution >= 4 is 33.0 Å². The Morgan fingerprint density at radius 2 is 1.71 bits per heavy atom. The van der Waals surface area contributed by atoms with Crippen molar-refractivity contribution in [3.63, 3.8) is 0 Å². The molecule has 0 unspecified atom stereocenters. The molecule has 0 N–H and O–H groups in total. The van der Waals surface area contributed by atoms with Crippen molar-refractivity contribution in [3.05, 3.63) is 68.5 Å². The van der Waals surface area contributed by atoms with Gasteiger partial charge in [0.05, 0.1) is 15.5 Å². The zero-order valence-corrected chi connectivity index (χ0v) is 13.5. The van der Waals surface area contributed by atoms with Gasteiger partial charge >= 0.3 is 5.37 Å². The van der Waals surface area contributed by atoms with Gasteiger partial charge in [0.1, 0.15) is 0 Å². The van der Waals surface area contributed by atoms with Gasteiger partial charge in [-0.2, -0.15) is 0 Å². The number of nitrogens with zero attached hydrogens (tertiary/aromatic N) is 1. The van der Waals surface area contributed by atoms with Crippen LogP contribution >= 0.6 is 23.2 Å². The predicted octanol–water partition coefficient (Wildman–Crippen LogP) is 4.74. The van der Waals surface area contributed by atoms with E-state index < -0.39 is 15.2 Å². The van der Waals surface area contributed by atoms with E-state index in [4.69, 9.17) is 29.8 Å². The fraction of sp³-hybridized carbons (Fsp3) is 0.133. The molecule has 0 aliphatic carbocycles. The van der Waals surface area contributed by atoms with E-state index in [1.165, 1.54) is 24.3 Å². The number of benzene rings is 2. The number of sulfone groups is 1. The lowest BCUT2D eigenvalue weighted by Gasteiger charge is -2.07. The molecule has 0 fully saturated rings. The minimum absolute atomic E-state index is 0.128. The lowest BCUT2D eigenvalue weighted by Crippen LogP contribution is -2.11. The standard InChI is InChI=1S/C15H12Cl2NO2S/c1-10-3-6-12(7-4-10)21(19,20)15(18-2)13-9-11(16)5-8-14(13)17/h2-9,15H,1H3/q+1/t15-/m0/s1.